The zero-order valence-corrected chi connectivity index (χ0v) is 20.2. The van der Waals surface area contributed by atoms with Crippen molar-refractivity contribution < 1.29 is 9.90 Å². The molecule has 1 aromatic heterocycles. The molecule has 0 spiro atoms. The number of amides is 1. The van der Waals surface area contributed by atoms with Crippen LogP contribution >= 0.6 is 22.9 Å². The third-order valence-corrected chi connectivity index (χ3v) is 7.95. The second-order valence-corrected chi connectivity index (χ2v) is 9.99. The number of aryl methyl sites for hydroxylation is 1. The molecule has 172 valence electrons. The SMILES string of the molecule is CN(c1nc(-c2ccc(Cl)cc2)c(C#N)s1)C1CCc2ccc(C3=CCN(C(=O)O)CC3)cc21. The van der Waals surface area contributed by atoms with Crippen LogP contribution in [0.15, 0.2) is 48.5 Å². The minimum absolute atomic E-state index is 0.172. The zero-order valence-electron chi connectivity index (χ0n) is 18.7. The largest absolute Gasteiger partial charge is 0.465 e. The summed E-state index contributed by atoms with van der Waals surface area (Å²) in [7, 11) is 2.04. The number of thiazole rings is 1. The van der Waals surface area contributed by atoms with Crippen molar-refractivity contribution in [3.8, 4) is 17.3 Å². The van der Waals surface area contributed by atoms with Gasteiger partial charge in [-0.05, 0) is 59.7 Å². The number of carboxylic acid groups (broad SMARTS) is 1. The molecule has 0 radical (unpaired) electrons. The highest BCUT2D eigenvalue weighted by molar-refractivity contribution is 7.16. The lowest BCUT2D eigenvalue weighted by molar-refractivity contribution is 0.150. The Labute approximate surface area is 207 Å². The molecule has 0 saturated heterocycles. The smallest absolute Gasteiger partial charge is 0.407 e. The minimum atomic E-state index is -0.871. The van der Waals surface area contributed by atoms with E-state index < -0.39 is 6.09 Å². The lowest BCUT2D eigenvalue weighted by Gasteiger charge is -2.26. The first-order valence-electron chi connectivity index (χ1n) is 11.1. The molecule has 1 unspecified atom stereocenters. The zero-order chi connectivity index (χ0) is 23.8. The fourth-order valence-corrected chi connectivity index (χ4v) is 5.78. The lowest BCUT2D eigenvalue weighted by atomic mass is 9.95. The Bertz CT molecular complexity index is 1330. The first-order valence-corrected chi connectivity index (χ1v) is 12.3. The first kappa shape index (κ1) is 22.5. The van der Waals surface area contributed by atoms with Crippen LogP contribution in [0.1, 0.15) is 40.5 Å². The number of anilines is 1. The Balaban J connectivity index is 1.43. The first-order chi connectivity index (χ1) is 16.4. The van der Waals surface area contributed by atoms with E-state index >= 15 is 0 Å². The number of halogens is 1. The summed E-state index contributed by atoms with van der Waals surface area (Å²) in [6.07, 6.45) is 3.85. The van der Waals surface area contributed by atoms with Gasteiger partial charge in [-0.2, -0.15) is 5.26 Å². The van der Waals surface area contributed by atoms with Gasteiger partial charge >= 0.3 is 6.09 Å². The molecule has 1 amide bonds. The van der Waals surface area contributed by atoms with Gasteiger partial charge in [-0.1, -0.05) is 53.3 Å². The Kier molecular flexibility index (Phi) is 6.03. The highest BCUT2D eigenvalue weighted by Crippen LogP contribution is 2.42. The van der Waals surface area contributed by atoms with Crippen molar-refractivity contribution in [2.24, 2.45) is 0 Å². The average Bonchev–Trinajstić information content (AvgIpc) is 3.48. The summed E-state index contributed by atoms with van der Waals surface area (Å²) in [6, 6.07) is 16.5. The summed E-state index contributed by atoms with van der Waals surface area (Å²) in [5.74, 6) is 0. The maximum absolute atomic E-state index is 11.2. The van der Waals surface area contributed by atoms with Crippen LogP contribution in [0.5, 0.6) is 0 Å². The van der Waals surface area contributed by atoms with Crippen LogP contribution in [0.25, 0.3) is 16.8 Å². The number of rotatable bonds is 4. The van der Waals surface area contributed by atoms with Crippen LogP contribution in [-0.4, -0.2) is 41.2 Å². The second-order valence-electron chi connectivity index (χ2n) is 8.58. The topological polar surface area (TPSA) is 80.5 Å². The molecule has 1 aliphatic heterocycles. The third kappa shape index (κ3) is 4.15. The van der Waals surface area contributed by atoms with Gasteiger partial charge in [0.2, 0.25) is 0 Å². The van der Waals surface area contributed by atoms with Crippen molar-refractivity contribution in [1.82, 2.24) is 9.88 Å². The summed E-state index contributed by atoms with van der Waals surface area (Å²) in [4.78, 5) is 20.3. The van der Waals surface area contributed by atoms with E-state index in [9.17, 15) is 15.2 Å². The second kappa shape index (κ2) is 9.13. The number of hydrogen-bond acceptors (Lipinski definition) is 5. The molecule has 0 fully saturated rings. The number of benzene rings is 2. The van der Waals surface area contributed by atoms with Crippen LogP contribution in [0.3, 0.4) is 0 Å². The Morgan fingerprint density at radius 3 is 2.68 bits per heavy atom. The Morgan fingerprint density at radius 1 is 1.24 bits per heavy atom. The van der Waals surface area contributed by atoms with Gasteiger partial charge in [0.1, 0.15) is 16.6 Å². The normalized spacial score (nSPS) is 17.1. The van der Waals surface area contributed by atoms with Gasteiger partial charge < -0.3 is 14.9 Å². The molecule has 3 aromatic rings. The van der Waals surface area contributed by atoms with Crippen LogP contribution in [-0.2, 0) is 6.42 Å². The van der Waals surface area contributed by atoms with E-state index in [1.54, 1.807) is 0 Å². The summed E-state index contributed by atoms with van der Waals surface area (Å²) >= 11 is 7.44. The van der Waals surface area contributed by atoms with E-state index in [1.807, 2.05) is 37.4 Å². The van der Waals surface area contributed by atoms with Gasteiger partial charge in [0.15, 0.2) is 5.13 Å². The molecule has 0 saturated carbocycles. The van der Waals surface area contributed by atoms with Crippen molar-refractivity contribution in [1.29, 1.82) is 5.26 Å². The summed E-state index contributed by atoms with van der Waals surface area (Å²) in [5.41, 5.74) is 6.53. The molecule has 6 nitrogen and oxygen atoms in total. The predicted molar refractivity (Wildman–Crippen MR) is 135 cm³/mol. The summed E-state index contributed by atoms with van der Waals surface area (Å²) in [5, 5.41) is 20.4. The molecule has 5 rings (SSSR count). The van der Waals surface area contributed by atoms with Gasteiger partial charge in [0, 0.05) is 30.7 Å². The maximum atomic E-state index is 11.2. The number of aromatic nitrogens is 1. The van der Waals surface area contributed by atoms with E-state index in [4.69, 9.17) is 16.6 Å². The highest BCUT2D eigenvalue weighted by atomic mass is 35.5. The quantitative estimate of drug-likeness (QED) is 0.469. The molecule has 2 aliphatic rings. The van der Waals surface area contributed by atoms with Gasteiger partial charge in [0.25, 0.3) is 0 Å². The van der Waals surface area contributed by atoms with Crippen LogP contribution in [0.4, 0.5) is 9.93 Å². The highest BCUT2D eigenvalue weighted by Gasteiger charge is 2.29. The number of carbonyl (C=O) groups is 1. The number of hydrogen-bond donors (Lipinski definition) is 1. The minimum Gasteiger partial charge on any atom is -0.465 e. The van der Waals surface area contributed by atoms with E-state index in [2.05, 4.69) is 29.2 Å². The van der Waals surface area contributed by atoms with Crippen molar-refractivity contribution >= 4 is 39.7 Å². The van der Waals surface area contributed by atoms with Crippen molar-refractivity contribution in [3.63, 3.8) is 0 Å². The van der Waals surface area contributed by atoms with Crippen molar-refractivity contribution in [3.05, 3.63) is 75.1 Å². The molecule has 1 aliphatic carbocycles. The number of fused-ring (bicyclic) bond motifs is 1. The van der Waals surface area contributed by atoms with Crippen LogP contribution in [0, 0.1) is 11.3 Å². The molecule has 1 N–H and O–H groups in total. The van der Waals surface area contributed by atoms with Gasteiger partial charge in [-0.15, -0.1) is 0 Å². The van der Waals surface area contributed by atoms with Gasteiger partial charge in [-0.25, -0.2) is 9.78 Å². The Morgan fingerprint density at radius 2 is 2.00 bits per heavy atom. The average molecular weight is 491 g/mol. The van der Waals surface area contributed by atoms with Crippen molar-refractivity contribution in [2.45, 2.75) is 25.3 Å². The van der Waals surface area contributed by atoms with Crippen LogP contribution < -0.4 is 4.90 Å². The number of nitrogens with zero attached hydrogens (tertiary/aromatic N) is 4. The van der Waals surface area contributed by atoms with E-state index in [0.29, 0.717) is 35.1 Å². The van der Waals surface area contributed by atoms with E-state index in [0.717, 1.165) is 29.1 Å². The molecule has 0 bridgehead atoms. The molecular weight excluding hydrogens is 468 g/mol. The van der Waals surface area contributed by atoms with Gasteiger partial charge in [-0.3, -0.25) is 0 Å². The molecule has 8 heteroatoms. The molecular formula is C26H23ClN4O2S. The molecule has 2 aromatic carbocycles. The monoisotopic (exact) mass is 490 g/mol. The van der Waals surface area contributed by atoms with E-state index in [1.165, 1.54) is 32.9 Å². The standard InChI is InChI=1S/C26H23ClN4O2S/c1-30(25-29-24(23(15-28)34-25)18-4-7-20(27)8-5-18)22-9-6-17-2-3-19(14-21(17)22)16-10-12-31(13-11-16)26(32)33/h2-5,7-8,10,14,22H,6,9,11-13H2,1H3,(H,32,33). The maximum Gasteiger partial charge on any atom is 0.407 e. The van der Waals surface area contributed by atoms with Crippen molar-refractivity contribution in [2.75, 3.05) is 25.0 Å². The van der Waals surface area contributed by atoms with Gasteiger partial charge in [0.05, 0.1) is 6.04 Å². The third-order valence-electron chi connectivity index (χ3n) is 6.65. The molecule has 34 heavy (non-hydrogen) atoms. The summed E-state index contributed by atoms with van der Waals surface area (Å²) < 4.78 is 0. The predicted octanol–water partition coefficient (Wildman–Crippen LogP) is 6.23. The van der Waals surface area contributed by atoms with E-state index in [-0.39, 0.29) is 6.04 Å². The summed E-state index contributed by atoms with van der Waals surface area (Å²) in [6.45, 7) is 0.944. The number of nitriles is 1. The Hall–Kier alpha value is -3.34. The molecule has 2 heterocycles. The fraction of sp³-hybridized carbons (Fsp3) is 0.269. The molecule has 1 atom stereocenters. The lowest BCUT2D eigenvalue weighted by Crippen LogP contribution is -2.33. The fourth-order valence-electron chi connectivity index (χ4n) is 4.76. The van der Waals surface area contributed by atoms with Crippen LogP contribution in [0.2, 0.25) is 5.02 Å².